The topological polar surface area (TPSA) is 64.8 Å². The summed E-state index contributed by atoms with van der Waals surface area (Å²) in [6.45, 7) is 3.54. The molecule has 1 unspecified atom stereocenters. The maximum Gasteiger partial charge on any atom is 0.234 e. The van der Waals surface area contributed by atoms with Crippen molar-refractivity contribution in [2.24, 2.45) is 5.73 Å². The molecule has 20 heavy (non-hydrogen) atoms. The van der Waals surface area contributed by atoms with Gasteiger partial charge in [-0.15, -0.1) is 0 Å². The molecule has 0 aliphatic carbocycles. The third-order valence-electron chi connectivity index (χ3n) is 3.90. The summed E-state index contributed by atoms with van der Waals surface area (Å²) in [5.41, 5.74) is 7.90. The largest absolute Gasteiger partial charge is 0.493 e. The highest BCUT2D eigenvalue weighted by molar-refractivity contribution is 5.79. The molecule has 0 fully saturated rings. The van der Waals surface area contributed by atoms with Gasteiger partial charge >= 0.3 is 0 Å². The molecule has 0 spiro atoms. The first kappa shape index (κ1) is 14.7. The van der Waals surface area contributed by atoms with Crippen LogP contribution >= 0.6 is 0 Å². The number of hydrogen-bond acceptors (Lipinski definition) is 4. The van der Waals surface area contributed by atoms with Crippen LogP contribution in [-0.4, -0.2) is 37.6 Å². The third kappa shape index (κ3) is 2.72. The first-order valence-electron chi connectivity index (χ1n) is 6.87. The van der Waals surface area contributed by atoms with E-state index in [1.54, 1.807) is 14.2 Å². The maximum absolute atomic E-state index is 11.5. The Balaban J connectivity index is 2.27. The highest BCUT2D eigenvalue weighted by atomic mass is 16.5. The Labute approximate surface area is 119 Å². The number of amides is 1. The third-order valence-corrected chi connectivity index (χ3v) is 3.90. The van der Waals surface area contributed by atoms with E-state index in [1.165, 1.54) is 11.1 Å². The number of nitrogens with zero attached hydrogens (tertiary/aromatic N) is 1. The molecule has 0 bridgehead atoms. The van der Waals surface area contributed by atoms with Crippen molar-refractivity contribution in [2.75, 3.05) is 20.8 Å². The molecule has 0 radical (unpaired) electrons. The summed E-state index contributed by atoms with van der Waals surface area (Å²) < 4.78 is 10.7. The van der Waals surface area contributed by atoms with Crippen LogP contribution in [0.4, 0.5) is 0 Å². The number of carbonyl (C=O) groups is 1. The van der Waals surface area contributed by atoms with Gasteiger partial charge in [-0.1, -0.05) is 6.92 Å². The van der Waals surface area contributed by atoms with Gasteiger partial charge in [-0.3, -0.25) is 9.69 Å². The van der Waals surface area contributed by atoms with E-state index in [0.29, 0.717) is 0 Å². The van der Waals surface area contributed by atoms with Gasteiger partial charge in [-0.2, -0.15) is 0 Å². The van der Waals surface area contributed by atoms with E-state index in [9.17, 15) is 4.79 Å². The van der Waals surface area contributed by atoms with E-state index in [1.807, 2.05) is 19.1 Å². The van der Waals surface area contributed by atoms with Crippen molar-refractivity contribution in [3.8, 4) is 11.5 Å². The van der Waals surface area contributed by atoms with Gasteiger partial charge in [-0.25, -0.2) is 0 Å². The van der Waals surface area contributed by atoms with Crippen LogP contribution in [0, 0.1) is 0 Å². The highest BCUT2D eigenvalue weighted by Crippen LogP contribution is 2.33. The predicted octanol–water partition coefficient (Wildman–Crippen LogP) is 1.33. The molecule has 1 aromatic rings. The van der Waals surface area contributed by atoms with E-state index in [-0.39, 0.29) is 11.9 Å². The molecular weight excluding hydrogens is 256 g/mol. The lowest BCUT2D eigenvalue weighted by molar-refractivity contribution is -0.123. The Morgan fingerprint density at radius 2 is 1.90 bits per heavy atom. The second-order valence-corrected chi connectivity index (χ2v) is 5.02. The van der Waals surface area contributed by atoms with Gasteiger partial charge in [0.25, 0.3) is 0 Å². The van der Waals surface area contributed by atoms with Crippen molar-refractivity contribution in [2.45, 2.75) is 32.4 Å². The van der Waals surface area contributed by atoms with Crippen LogP contribution in [0.15, 0.2) is 12.1 Å². The molecule has 0 aromatic heterocycles. The van der Waals surface area contributed by atoms with Crippen LogP contribution in [0.1, 0.15) is 24.5 Å². The average molecular weight is 278 g/mol. The molecule has 1 amide bonds. The van der Waals surface area contributed by atoms with E-state index in [4.69, 9.17) is 15.2 Å². The summed E-state index contributed by atoms with van der Waals surface area (Å²) in [6.07, 6.45) is 1.62. The fraction of sp³-hybridized carbons (Fsp3) is 0.533. The number of ether oxygens (including phenoxy) is 2. The van der Waals surface area contributed by atoms with Gasteiger partial charge in [-0.05, 0) is 36.1 Å². The number of methoxy groups -OCH3 is 2. The molecule has 0 saturated heterocycles. The normalized spacial score (nSPS) is 16.4. The summed E-state index contributed by atoms with van der Waals surface area (Å²) in [7, 11) is 3.27. The molecule has 5 nitrogen and oxygen atoms in total. The molecule has 1 aliphatic rings. The van der Waals surface area contributed by atoms with Crippen molar-refractivity contribution in [3.05, 3.63) is 23.3 Å². The first-order valence-corrected chi connectivity index (χ1v) is 6.87. The first-order chi connectivity index (χ1) is 9.60. The lowest BCUT2D eigenvalue weighted by atomic mass is 9.97. The maximum atomic E-state index is 11.5. The number of primary amides is 1. The van der Waals surface area contributed by atoms with Crippen LogP contribution in [-0.2, 0) is 17.8 Å². The summed E-state index contributed by atoms with van der Waals surface area (Å²) >= 11 is 0. The molecule has 5 heteroatoms. The van der Waals surface area contributed by atoms with Gasteiger partial charge in [0.1, 0.15) is 0 Å². The summed E-state index contributed by atoms with van der Waals surface area (Å²) in [6, 6.07) is 3.82. The number of benzene rings is 1. The molecule has 1 aromatic carbocycles. The minimum atomic E-state index is -0.253. The minimum Gasteiger partial charge on any atom is -0.493 e. The zero-order valence-electron chi connectivity index (χ0n) is 12.3. The van der Waals surface area contributed by atoms with Crippen molar-refractivity contribution in [1.29, 1.82) is 0 Å². The molecule has 1 heterocycles. The molecule has 2 N–H and O–H groups in total. The fourth-order valence-corrected chi connectivity index (χ4v) is 2.81. The summed E-state index contributed by atoms with van der Waals surface area (Å²) in [5.74, 6) is 1.22. The van der Waals surface area contributed by atoms with Crippen molar-refractivity contribution < 1.29 is 14.3 Å². The zero-order chi connectivity index (χ0) is 14.7. The molecule has 110 valence electrons. The Hall–Kier alpha value is -1.75. The van der Waals surface area contributed by atoms with Crippen LogP contribution in [0.2, 0.25) is 0 Å². The lowest BCUT2D eigenvalue weighted by Gasteiger charge is -2.33. The Kier molecular flexibility index (Phi) is 4.49. The number of fused-ring (bicyclic) bond motifs is 1. The SMILES string of the molecule is CCC(C(N)=O)N1CCc2cc(OC)c(OC)cc2C1. The monoisotopic (exact) mass is 278 g/mol. The zero-order valence-corrected chi connectivity index (χ0v) is 12.3. The van der Waals surface area contributed by atoms with Crippen LogP contribution < -0.4 is 15.2 Å². The van der Waals surface area contributed by atoms with E-state index in [2.05, 4.69) is 4.90 Å². The number of hydrogen-bond donors (Lipinski definition) is 1. The van der Waals surface area contributed by atoms with Gasteiger partial charge in [0, 0.05) is 13.1 Å². The highest BCUT2D eigenvalue weighted by Gasteiger charge is 2.27. The second-order valence-electron chi connectivity index (χ2n) is 5.02. The number of carbonyl (C=O) groups excluding carboxylic acids is 1. The van der Waals surface area contributed by atoms with Gasteiger partial charge in [0.05, 0.1) is 20.3 Å². The van der Waals surface area contributed by atoms with Gasteiger partial charge in [0.2, 0.25) is 5.91 Å². The smallest absolute Gasteiger partial charge is 0.234 e. The van der Waals surface area contributed by atoms with Crippen molar-refractivity contribution >= 4 is 5.91 Å². The van der Waals surface area contributed by atoms with E-state index < -0.39 is 0 Å². The Morgan fingerprint density at radius 1 is 1.30 bits per heavy atom. The van der Waals surface area contributed by atoms with Crippen molar-refractivity contribution in [1.82, 2.24) is 4.90 Å². The number of nitrogens with two attached hydrogens (primary N) is 1. The van der Waals surface area contributed by atoms with Crippen LogP contribution in [0.25, 0.3) is 0 Å². The fourth-order valence-electron chi connectivity index (χ4n) is 2.81. The van der Waals surface area contributed by atoms with Gasteiger partial charge < -0.3 is 15.2 Å². The molecular formula is C15H22N2O3. The summed E-state index contributed by atoms with van der Waals surface area (Å²) in [5, 5.41) is 0. The van der Waals surface area contributed by atoms with Crippen LogP contribution in [0.3, 0.4) is 0 Å². The van der Waals surface area contributed by atoms with Crippen LogP contribution in [0.5, 0.6) is 11.5 Å². The molecule has 1 aliphatic heterocycles. The number of rotatable bonds is 5. The van der Waals surface area contributed by atoms with Gasteiger partial charge in [0.15, 0.2) is 11.5 Å². The standard InChI is InChI=1S/C15H22N2O3/c1-4-12(15(16)18)17-6-5-10-7-13(19-2)14(20-3)8-11(10)9-17/h7-8,12H,4-6,9H2,1-3H3,(H2,16,18). The molecule has 0 saturated carbocycles. The quantitative estimate of drug-likeness (QED) is 0.882. The Bertz CT molecular complexity index is 502. The predicted molar refractivity (Wildman–Crippen MR) is 76.9 cm³/mol. The average Bonchev–Trinajstić information content (AvgIpc) is 2.46. The van der Waals surface area contributed by atoms with Crippen molar-refractivity contribution in [3.63, 3.8) is 0 Å². The molecule has 2 rings (SSSR count). The lowest BCUT2D eigenvalue weighted by Crippen LogP contribution is -2.46. The Morgan fingerprint density at radius 3 is 2.40 bits per heavy atom. The van der Waals surface area contributed by atoms with E-state index >= 15 is 0 Å². The minimum absolute atomic E-state index is 0.198. The second kappa shape index (κ2) is 6.13. The van der Waals surface area contributed by atoms with E-state index in [0.717, 1.165) is 37.4 Å². The molecule has 1 atom stereocenters. The summed E-state index contributed by atoms with van der Waals surface area (Å²) in [4.78, 5) is 13.6.